The van der Waals surface area contributed by atoms with E-state index in [0.29, 0.717) is 20.6 Å². The average Bonchev–Trinajstić information content (AvgIpc) is 2.73. The van der Waals surface area contributed by atoms with Gasteiger partial charge in [0.25, 0.3) is 0 Å². The number of nitrogens with zero attached hydrogens (tertiary/aromatic N) is 1. The molecule has 7 heteroatoms. The molecule has 0 amide bonds. The maximum atomic E-state index is 10.5. The van der Waals surface area contributed by atoms with Crippen LogP contribution in [-0.4, -0.2) is 32.1 Å². The number of benzene rings is 1. The van der Waals surface area contributed by atoms with Crippen molar-refractivity contribution in [1.82, 2.24) is 0 Å². The van der Waals surface area contributed by atoms with Gasteiger partial charge in [0.15, 0.2) is 0 Å². The van der Waals surface area contributed by atoms with Gasteiger partial charge in [0.05, 0.1) is 6.61 Å². The lowest BCUT2D eigenvalue weighted by Crippen LogP contribution is -2.17. The maximum absolute atomic E-state index is 10.5. The fourth-order valence-electron chi connectivity index (χ4n) is 2.00. The molecule has 0 aromatic heterocycles. The van der Waals surface area contributed by atoms with Crippen LogP contribution >= 0.6 is 0 Å². The van der Waals surface area contributed by atoms with Gasteiger partial charge in [0, 0.05) is 4.92 Å². The van der Waals surface area contributed by atoms with Gasteiger partial charge in [0.1, 0.15) is 11.9 Å². The molecule has 1 heterocycles. The summed E-state index contributed by atoms with van der Waals surface area (Å²) >= 11 is 0. The first kappa shape index (κ1) is 12.9. The number of nitro groups is 1. The van der Waals surface area contributed by atoms with Crippen molar-refractivity contribution in [2.24, 2.45) is 5.73 Å². The summed E-state index contributed by atoms with van der Waals surface area (Å²) in [5.74, 6) is 0.742. The van der Waals surface area contributed by atoms with E-state index in [1.807, 2.05) is 18.2 Å². The summed E-state index contributed by atoms with van der Waals surface area (Å²) < 4.78 is 11.0. The van der Waals surface area contributed by atoms with E-state index in [2.05, 4.69) is 0 Å². The average molecular weight is 250 g/mol. The Morgan fingerprint density at radius 2 is 2.39 bits per heavy atom. The van der Waals surface area contributed by atoms with Gasteiger partial charge >= 0.3 is 7.48 Å². The lowest BCUT2D eigenvalue weighted by Gasteiger charge is -2.10. The SMILES string of the molecule is NCCCOc1cccc2c1BOC2C[N+](=O)[O-]. The summed E-state index contributed by atoms with van der Waals surface area (Å²) in [7, 11) is 0.368. The number of hydrogen-bond acceptors (Lipinski definition) is 5. The number of nitrogens with two attached hydrogens (primary N) is 1. The zero-order chi connectivity index (χ0) is 13.0. The van der Waals surface area contributed by atoms with E-state index in [0.717, 1.165) is 23.2 Å². The number of hydrogen-bond donors (Lipinski definition) is 1. The second-order valence-electron chi connectivity index (χ2n) is 4.13. The first-order valence-electron chi connectivity index (χ1n) is 5.90. The Labute approximate surface area is 105 Å². The van der Waals surface area contributed by atoms with E-state index < -0.39 is 6.10 Å². The Morgan fingerprint density at radius 1 is 1.56 bits per heavy atom. The van der Waals surface area contributed by atoms with Crippen LogP contribution in [0.5, 0.6) is 5.75 Å². The molecule has 1 aliphatic rings. The summed E-state index contributed by atoms with van der Waals surface area (Å²) in [5, 5.41) is 10.5. The predicted octanol–water partition coefficient (Wildman–Crippen LogP) is -0.261. The second-order valence-corrected chi connectivity index (χ2v) is 4.13. The van der Waals surface area contributed by atoms with Gasteiger partial charge in [-0.25, -0.2) is 0 Å². The third kappa shape index (κ3) is 2.80. The fourth-order valence-corrected chi connectivity index (χ4v) is 2.00. The predicted molar refractivity (Wildman–Crippen MR) is 68.1 cm³/mol. The highest BCUT2D eigenvalue weighted by molar-refractivity contribution is 6.50. The van der Waals surface area contributed by atoms with Gasteiger partial charge in [-0.05, 0) is 30.1 Å². The molecule has 0 fully saturated rings. The Balaban J connectivity index is 2.11. The third-order valence-electron chi connectivity index (χ3n) is 2.87. The van der Waals surface area contributed by atoms with Gasteiger partial charge in [0.2, 0.25) is 6.54 Å². The minimum absolute atomic E-state index is 0.209. The molecule has 0 radical (unpaired) electrons. The maximum Gasteiger partial charge on any atom is 0.313 e. The lowest BCUT2D eigenvalue weighted by molar-refractivity contribution is -0.489. The first-order chi connectivity index (χ1) is 8.72. The molecule has 0 bridgehead atoms. The molecule has 96 valence electrons. The molecular formula is C11H15BN2O4. The van der Waals surface area contributed by atoms with Crippen molar-refractivity contribution in [3.05, 3.63) is 33.9 Å². The van der Waals surface area contributed by atoms with E-state index in [-0.39, 0.29) is 11.5 Å². The molecule has 0 spiro atoms. The Hall–Kier alpha value is -1.60. The normalized spacial score (nSPS) is 17.1. The van der Waals surface area contributed by atoms with Crippen LogP contribution in [-0.2, 0) is 4.65 Å². The van der Waals surface area contributed by atoms with Crippen LogP contribution in [0.25, 0.3) is 0 Å². The van der Waals surface area contributed by atoms with Crippen molar-refractivity contribution < 1.29 is 14.3 Å². The highest BCUT2D eigenvalue weighted by Gasteiger charge is 2.30. The minimum atomic E-state index is -0.465. The van der Waals surface area contributed by atoms with E-state index in [4.69, 9.17) is 15.1 Å². The van der Waals surface area contributed by atoms with E-state index >= 15 is 0 Å². The standard InChI is InChI=1S/C11H15BN2O4/c13-5-2-6-17-9-4-1-3-8-10(7-14(15)16)18-12-11(8)9/h1,3-4,10,12H,2,5-7,13H2. The molecule has 1 atom stereocenters. The van der Waals surface area contributed by atoms with Crippen LogP contribution in [0.2, 0.25) is 0 Å². The van der Waals surface area contributed by atoms with Crippen molar-refractivity contribution in [3.8, 4) is 5.75 Å². The smallest absolute Gasteiger partial charge is 0.313 e. The van der Waals surface area contributed by atoms with Crippen LogP contribution in [0.4, 0.5) is 0 Å². The molecule has 18 heavy (non-hydrogen) atoms. The van der Waals surface area contributed by atoms with Crippen molar-refractivity contribution in [2.45, 2.75) is 12.5 Å². The summed E-state index contributed by atoms with van der Waals surface area (Å²) in [6, 6.07) is 5.54. The van der Waals surface area contributed by atoms with Crippen molar-refractivity contribution >= 4 is 12.9 Å². The number of rotatable bonds is 6. The van der Waals surface area contributed by atoms with Crippen molar-refractivity contribution in [3.63, 3.8) is 0 Å². The lowest BCUT2D eigenvalue weighted by atomic mass is 9.85. The zero-order valence-corrected chi connectivity index (χ0v) is 10.0. The quantitative estimate of drug-likeness (QED) is 0.325. The highest BCUT2D eigenvalue weighted by atomic mass is 16.6. The minimum Gasteiger partial charge on any atom is -0.494 e. The van der Waals surface area contributed by atoms with Crippen molar-refractivity contribution in [1.29, 1.82) is 0 Å². The topological polar surface area (TPSA) is 87.6 Å². The number of fused-ring (bicyclic) bond motifs is 1. The fraction of sp³-hybridized carbons (Fsp3) is 0.455. The van der Waals surface area contributed by atoms with Gasteiger partial charge in [-0.3, -0.25) is 10.1 Å². The van der Waals surface area contributed by atoms with Gasteiger partial charge < -0.3 is 15.1 Å². The second kappa shape index (κ2) is 5.84. The molecule has 1 aromatic rings. The molecule has 0 saturated heterocycles. The van der Waals surface area contributed by atoms with Gasteiger partial charge in [-0.1, -0.05) is 12.1 Å². The molecular weight excluding hydrogens is 235 g/mol. The zero-order valence-electron chi connectivity index (χ0n) is 10.0. The molecule has 2 rings (SSSR count). The third-order valence-corrected chi connectivity index (χ3v) is 2.87. The van der Waals surface area contributed by atoms with Crippen LogP contribution in [0, 0.1) is 10.1 Å². The monoisotopic (exact) mass is 250 g/mol. The molecule has 2 N–H and O–H groups in total. The molecule has 1 aromatic carbocycles. The van der Waals surface area contributed by atoms with E-state index in [1.165, 1.54) is 0 Å². The van der Waals surface area contributed by atoms with Crippen LogP contribution in [0.3, 0.4) is 0 Å². The Bertz CT molecular complexity index is 441. The van der Waals surface area contributed by atoms with Gasteiger partial charge in [-0.15, -0.1) is 0 Å². The van der Waals surface area contributed by atoms with Crippen LogP contribution in [0.1, 0.15) is 18.1 Å². The molecule has 6 nitrogen and oxygen atoms in total. The highest BCUT2D eigenvalue weighted by Crippen LogP contribution is 2.25. The molecule has 1 unspecified atom stereocenters. The summed E-state index contributed by atoms with van der Waals surface area (Å²) in [4.78, 5) is 10.2. The van der Waals surface area contributed by atoms with Crippen LogP contribution < -0.4 is 15.9 Å². The largest absolute Gasteiger partial charge is 0.494 e. The molecule has 0 saturated carbocycles. The van der Waals surface area contributed by atoms with Crippen molar-refractivity contribution in [2.75, 3.05) is 19.7 Å². The van der Waals surface area contributed by atoms with Crippen LogP contribution in [0.15, 0.2) is 18.2 Å². The Morgan fingerprint density at radius 3 is 3.11 bits per heavy atom. The summed E-state index contributed by atoms with van der Waals surface area (Å²) in [6.45, 7) is 0.918. The van der Waals surface area contributed by atoms with E-state index in [1.54, 1.807) is 0 Å². The molecule has 1 aliphatic heterocycles. The number of ether oxygens (including phenoxy) is 1. The van der Waals surface area contributed by atoms with E-state index in [9.17, 15) is 10.1 Å². The Kier molecular flexibility index (Phi) is 4.17. The van der Waals surface area contributed by atoms with Gasteiger partial charge in [-0.2, -0.15) is 0 Å². The summed E-state index contributed by atoms with van der Waals surface area (Å²) in [6.07, 6.45) is 0.316. The molecule has 0 aliphatic carbocycles. The summed E-state index contributed by atoms with van der Waals surface area (Å²) in [5.41, 5.74) is 7.18. The first-order valence-corrected chi connectivity index (χ1v) is 5.90.